The van der Waals surface area contributed by atoms with Gasteiger partial charge in [0.15, 0.2) is 35.8 Å². The van der Waals surface area contributed by atoms with Gasteiger partial charge in [0.2, 0.25) is 5.60 Å². The highest BCUT2D eigenvalue weighted by molar-refractivity contribution is 5.95. The molecule has 5 aliphatic rings. The average Bonchev–Trinajstić information content (AvgIpc) is 3.59. The van der Waals surface area contributed by atoms with E-state index in [-0.39, 0.29) is 29.7 Å². The van der Waals surface area contributed by atoms with Crippen molar-refractivity contribution in [3.05, 3.63) is 82.9 Å². The number of methoxy groups -OCH3 is 2. The van der Waals surface area contributed by atoms with E-state index >= 15 is 4.79 Å². The molecule has 2 saturated heterocycles. The van der Waals surface area contributed by atoms with Crippen molar-refractivity contribution in [2.75, 3.05) is 20.8 Å². The van der Waals surface area contributed by atoms with Crippen LogP contribution >= 0.6 is 0 Å². The average molecular weight is 878 g/mol. The van der Waals surface area contributed by atoms with E-state index in [4.69, 9.17) is 42.6 Å². The number of Topliss-reactive ketones (excluding diaryl/α,β-unsaturated/α-hetero) is 1. The number of carbonyl (C=O) groups excluding carboxylic acids is 6. The summed E-state index contributed by atoms with van der Waals surface area (Å²) in [7, 11) is 2.74. The molecular formula is C46H55NO16. The van der Waals surface area contributed by atoms with Crippen molar-refractivity contribution in [1.29, 1.82) is 0 Å². The fourth-order valence-electron chi connectivity index (χ4n) is 10.8. The summed E-state index contributed by atoms with van der Waals surface area (Å²) in [5.41, 5.74) is -7.31. The number of alkyl carbamates (subject to hydrolysis) is 1. The summed E-state index contributed by atoms with van der Waals surface area (Å²) < 4.78 is 55.3. The lowest BCUT2D eigenvalue weighted by Crippen LogP contribution is -2.83. The van der Waals surface area contributed by atoms with E-state index in [0.717, 1.165) is 0 Å². The number of esters is 3. The van der Waals surface area contributed by atoms with Crippen molar-refractivity contribution < 1.29 is 76.5 Å². The van der Waals surface area contributed by atoms with Gasteiger partial charge >= 0.3 is 30.2 Å². The molecule has 2 heterocycles. The van der Waals surface area contributed by atoms with E-state index in [0.29, 0.717) is 5.56 Å². The van der Waals surface area contributed by atoms with Crippen molar-refractivity contribution in [3.63, 3.8) is 0 Å². The summed E-state index contributed by atoms with van der Waals surface area (Å²) in [5, 5.41) is 14.4. The van der Waals surface area contributed by atoms with E-state index in [2.05, 4.69) is 5.32 Å². The van der Waals surface area contributed by atoms with E-state index < -0.39 is 118 Å². The van der Waals surface area contributed by atoms with Crippen LogP contribution in [-0.4, -0.2) is 121 Å². The highest BCUT2D eigenvalue weighted by atomic mass is 16.8. The van der Waals surface area contributed by atoms with Gasteiger partial charge in [0, 0.05) is 33.0 Å². The number of hydrogen-bond acceptors (Lipinski definition) is 16. The van der Waals surface area contributed by atoms with Crippen LogP contribution in [0.2, 0.25) is 0 Å². The Labute approximate surface area is 365 Å². The Bertz CT molecular complexity index is 2190. The minimum atomic E-state index is -2.21. The van der Waals surface area contributed by atoms with Crippen LogP contribution in [0.3, 0.4) is 0 Å². The molecule has 2 saturated carbocycles. The van der Waals surface area contributed by atoms with Crippen molar-refractivity contribution in [1.82, 2.24) is 5.32 Å². The van der Waals surface area contributed by atoms with Crippen LogP contribution in [-0.2, 0) is 57.0 Å². The van der Waals surface area contributed by atoms with Gasteiger partial charge in [0.05, 0.1) is 35.6 Å². The largest absolute Gasteiger partial charge is 0.509 e. The topological polar surface area (TPSA) is 218 Å². The minimum absolute atomic E-state index is 0.0739. The first-order valence-electron chi connectivity index (χ1n) is 20.8. The number of hydrogen-bond donors (Lipinski definition) is 2. The zero-order valence-electron chi connectivity index (χ0n) is 37.0. The highest BCUT2D eigenvalue weighted by Crippen LogP contribution is 2.67. The molecule has 63 heavy (non-hydrogen) atoms. The SMILES string of the molecule is CO[C@H]1C(=O)[C@]2(C)[C@@H](OC)C[C@H]3OC[C@@]3(OC(C)=O)[C@H]2[C@H](OC(=O)c2ccccc2)[C@]23OC(=O)O[C@H]2[C@H](OC(=O)[C@H](O)[C@@H](NC(=O)OC(C)(C)C)c2ccccc2)C(C)=C1C3(C)C. The fraction of sp³-hybridized carbons (Fsp3) is 0.565. The Kier molecular flexibility index (Phi) is 11.8. The van der Waals surface area contributed by atoms with Gasteiger partial charge in [-0.2, -0.15) is 0 Å². The van der Waals surface area contributed by atoms with Crippen molar-refractivity contribution in [3.8, 4) is 0 Å². The third-order valence-electron chi connectivity index (χ3n) is 13.5. The molecular weight excluding hydrogens is 822 g/mol. The van der Waals surface area contributed by atoms with Crippen LogP contribution < -0.4 is 5.32 Å². The highest BCUT2D eigenvalue weighted by Gasteiger charge is 2.83. The first-order valence-corrected chi connectivity index (χ1v) is 20.8. The van der Waals surface area contributed by atoms with Crippen molar-refractivity contribution in [2.24, 2.45) is 16.7 Å². The summed E-state index contributed by atoms with van der Waals surface area (Å²) >= 11 is 0. The number of aliphatic hydroxyl groups is 1. The van der Waals surface area contributed by atoms with Crippen LogP contribution in [0.15, 0.2) is 71.8 Å². The molecule has 1 amide bonds. The third kappa shape index (κ3) is 7.26. The third-order valence-corrected chi connectivity index (χ3v) is 13.5. The molecule has 2 aromatic carbocycles. The quantitative estimate of drug-likeness (QED) is 0.187. The van der Waals surface area contributed by atoms with Crippen LogP contribution in [0.25, 0.3) is 0 Å². The smallest absolute Gasteiger partial charge is 0.454 e. The zero-order valence-corrected chi connectivity index (χ0v) is 37.0. The predicted molar refractivity (Wildman–Crippen MR) is 218 cm³/mol. The maximum absolute atomic E-state index is 15.7. The Morgan fingerprint density at radius 2 is 1.56 bits per heavy atom. The maximum atomic E-state index is 15.7. The Morgan fingerprint density at radius 3 is 2.11 bits per heavy atom. The van der Waals surface area contributed by atoms with Gasteiger partial charge in [0.25, 0.3) is 0 Å². The van der Waals surface area contributed by atoms with Crippen molar-refractivity contribution >= 4 is 35.9 Å². The maximum Gasteiger partial charge on any atom is 0.509 e. The molecule has 3 aliphatic carbocycles. The normalized spacial score (nSPS) is 33.8. The van der Waals surface area contributed by atoms with Gasteiger partial charge in [0.1, 0.15) is 17.8 Å². The van der Waals surface area contributed by atoms with Gasteiger partial charge in [-0.1, -0.05) is 62.4 Å². The molecule has 0 radical (unpaired) electrons. The molecule has 2 aromatic rings. The molecule has 2 N–H and O–H groups in total. The molecule has 340 valence electrons. The van der Waals surface area contributed by atoms with Crippen LogP contribution in [0.1, 0.15) is 83.8 Å². The fourth-order valence-corrected chi connectivity index (χ4v) is 10.8. The lowest BCUT2D eigenvalue weighted by atomic mass is 9.44. The molecule has 0 aromatic heterocycles. The number of amides is 1. The Morgan fingerprint density at radius 1 is 0.921 bits per heavy atom. The number of rotatable bonds is 10. The molecule has 12 atom stereocenters. The van der Waals surface area contributed by atoms with Gasteiger partial charge in [-0.05, 0) is 63.5 Å². The van der Waals surface area contributed by atoms with Crippen LogP contribution in [0.5, 0.6) is 0 Å². The first kappa shape index (κ1) is 45.7. The lowest BCUT2D eigenvalue weighted by molar-refractivity contribution is -0.347. The summed E-state index contributed by atoms with van der Waals surface area (Å²) in [6.07, 6.45) is -12.6. The van der Waals surface area contributed by atoms with E-state index in [1.54, 1.807) is 97.0 Å². The number of fused-ring (bicyclic) bond motifs is 4. The van der Waals surface area contributed by atoms with Gasteiger partial charge < -0.3 is 53.1 Å². The predicted octanol–water partition coefficient (Wildman–Crippen LogP) is 4.72. The number of nitrogens with one attached hydrogen (secondary N) is 1. The van der Waals surface area contributed by atoms with Gasteiger partial charge in [-0.3, -0.25) is 9.59 Å². The van der Waals surface area contributed by atoms with E-state index in [1.807, 2.05) is 0 Å². The monoisotopic (exact) mass is 877 g/mol. The van der Waals surface area contributed by atoms with Gasteiger partial charge in [-0.15, -0.1) is 0 Å². The van der Waals surface area contributed by atoms with Crippen molar-refractivity contribution in [2.45, 2.75) is 127 Å². The Balaban J connectivity index is 1.45. The molecule has 4 fully saturated rings. The summed E-state index contributed by atoms with van der Waals surface area (Å²) in [6.45, 7) is 12.4. The molecule has 17 nitrogen and oxygen atoms in total. The molecule has 1 spiro atoms. The summed E-state index contributed by atoms with van der Waals surface area (Å²) in [6, 6.07) is 14.7. The second kappa shape index (κ2) is 16.3. The summed E-state index contributed by atoms with van der Waals surface area (Å²) in [4.78, 5) is 85.1. The molecule has 2 bridgehead atoms. The first-order chi connectivity index (χ1) is 29.6. The lowest BCUT2D eigenvalue weighted by Gasteiger charge is -2.67. The standard InChI is InChI=1S/C46H55NO16/c1-23-29-33(56-10)35(50)44(8)27(55-9)21-28-45(22-57-28,61-24(2)48)34(44)37(59-38(51)26-19-15-12-16-20-26)46(43(29,6)7)36(60-41(54)63-46)32(23)58-39(52)31(49)30(25-17-13-11-14-18-25)47-40(53)62-42(3,4)5/h11-20,27-28,30-34,36-37,49H,21-22H2,1-10H3,(H,47,53)/t27-,28+,30-,31+,32+,33+,34-,36-,37-,44+,45-,46+/m0/s1. The van der Waals surface area contributed by atoms with Gasteiger partial charge in [-0.25, -0.2) is 19.2 Å². The van der Waals surface area contributed by atoms with Crippen LogP contribution in [0, 0.1) is 16.7 Å². The second-order valence-electron chi connectivity index (χ2n) is 18.5. The summed E-state index contributed by atoms with van der Waals surface area (Å²) in [5.74, 6) is -4.86. The Hall–Kier alpha value is -5.36. The number of ketones is 1. The molecule has 0 unspecified atom stereocenters. The zero-order chi connectivity index (χ0) is 46.0. The number of carbonyl (C=O) groups is 6. The number of aliphatic hydroxyl groups excluding tert-OH is 1. The molecule has 7 rings (SSSR count). The second-order valence-corrected chi connectivity index (χ2v) is 18.5. The van der Waals surface area contributed by atoms with E-state index in [1.165, 1.54) is 33.3 Å². The number of ether oxygens (including phenoxy) is 9. The van der Waals surface area contributed by atoms with E-state index in [9.17, 15) is 29.1 Å². The minimum Gasteiger partial charge on any atom is -0.454 e. The number of benzene rings is 2. The molecule has 17 heteroatoms. The molecule has 2 aliphatic heterocycles. The van der Waals surface area contributed by atoms with Crippen LogP contribution in [0.4, 0.5) is 9.59 Å².